The average Bonchev–Trinajstić information content (AvgIpc) is 3.24. The van der Waals surface area contributed by atoms with Gasteiger partial charge in [-0.1, -0.05) is 12.1 Å². The fraction of sp³-hybridized carbons (Fsp3) is 0.190. The first-order valence-corrected chi connectivity index (χ1v) is 10.7. The fourth-order valence-corrected chi connectivity index (χ4v) is 3.72. The van der Waals surface area contributed by atoms with Crippen LogP contribution in [0.3, 0.4) is 0 Å². The molecule has 8 heteroatoms. The summed E-state index contributed by atoms with van der Waals surface area (Å²) in [6.07, 6.45) is 4.89. The summed E-state index contributed by atoms with van der Waals surface area (Å²) in [6.45, 7) is 4.64. The Morgan fingerprint density at radius 2 is 1.93 bits per heavy atom. The molecule has 0 saturated heterocycles. The molecule has 0 aliphatic rings. The second-order valence-electron chi connectivity index (χ2n) is 6.82. The van der Waals surface area contributed by atoms with Crippen LogP contribution in [0.4, 0.5) is 5.69 Å². The predicted molar refractivity (Wildman–Crippen MR) is 113 cm³/mol. The van der Waals surface area contributed by atoms with E-state index in [4.69, 9.17) is 9.56 Å². The summed E-state index contributed by atoms with van der Waals surface area (Å²) in [4.78, 5) is 12.2. The van der Waals surface area contributed by atoms with Crippen molar-refractivity contribution in [1.29, 1.82) is 0 Å². The molecular weight excluding hydrogens is 390 g/mol. The van der Waals surface area contributed by atoms with Crippen LogP contribution in [0, 0.1) is 13.8 Å². The van der Waals surface area contributed by atoms with Crippen LogP contribution in [0.2, 0.25) is 0 Å². The number of sulfonamides is 1. The molecule has 0 aliphatic heterocycles. The highest BCUT2D eigenvalue weighted by molar-refractivity contribution is 7.88. The number of nitrogens with two attached hydrogens (primary N) is 1. The Kier molecular flexibility index (Phi) is 6.05. The number of hydrogen-bond acceptors (Lipinski definition) is 4. The second kappa shape index (κ2) is 8.50. The maximum Gasteiger partial charge on any atom is 0.248 e. The Bertz CT molecular complexity index is 1130. The Morgan fingerprint density at radius 3 is 2.55 bits per heavy atom. The van der Waals surface area contributed by atoms with E-state index in [1.807, 2.05) is 32.0 Å². The molecule has 0 radical (unpaired) electrons. The first-order valence-electron chi connectivity index (χ1n) is 8.99. The van der Waals surface area contributed by atoms with Gasteiger partial charge in [0.05, 0.1) is 18.6 Å². The van der Waals surface area contributed by atoms with Crippen LogP contribution in [0.25, 0.3) is 6.08 Å². The maximum absolute atomic E-state index is 12.2. The van der Waals surface area contributed by atoms with Gasteiger partial charge in [0.1, 0.15) is 5.76 Å². The highest BCUT2D eigenvalue weighted by atomic mass is 32.2. The summed E-state index contributed by atoms with van der Waals surface area (Å²) < 4.78 is 29.8. The molecule has 1 amide bonds. The number of aryl methyl sites for hydroxylation is 1. The number of primary sulfonamides is 1. The second-order valence-corrected chi connectivity index (χ2v) is 8.43. The number of carbonyl (C=O) groups is 1. The summed E-state index contributed by atoms with van der Waals surface area (Å²) in [7, 11) is -3.58. The molecule has 1 aromatic carbocycles. The number of nitrogens with zero attached hydrogens (tertiary/aromatic N) is 1. The number of rotatable bonds is 7. The van der Waals surface area contributed by atoms with Crippen molar-refractivity contribution in [2.75, 3.05) is 5.32 Å². The van der Waals surface area contributed by atoms with Crippen LogP contribution in [0.15, 0.2) is 59.2 Å². The highest BCUT2D eigenvalue weighted by Crippen LogP contribution is 2.19. The number of hydrogen-bond donors (Lipinski definition) is 2. The van der Waals surface area contributed by atoms with E-state index in [0.29, 0.717) is 17.8 Å². The van der Waals surface area contributed by atoms with Crippen molar-refractivity contribution in [3.63, 3.8) is 0 Å². The zero-order valence-electron chi connectivity index (χ0n) is 16.3. The van der Waals surface area contributed by atoms with Gasteiger partial charge in [-0.25, -0.2) is 13.6 Å². The number of anilines is 1. The molecule has 2 heterocycles. The van der Waals surface area contributed by atoms with E-state index >= 15 is 0 Å². The molecule has 0 spiro atoms. The Hall–Kier alpha value is -3.10. The number of carbonyl (C=O) groups excluding carboxylic acids is 1. The molecule has 0 unspecified atom stereocenters. The Morgan fingerprint density at radius 1 is 1.21 bits per heavy atom. The van der Waals surface area contributed by atoms with Gasteiger partial charge in [-0.3, -0.25) is 4.79 Å². The smallest absolute Gasteiger partial charge is 0.248 e. The minimum Gasteiger partial charge on any atom is -0.467 e. The van der Waals surface area contributed by atoms with E-state index in [0.717, 1.165) is 22.7 Å². The lowest BCUT2D eigenvalue weighted by molar-refractivity contribution is -0.111. The molecule has 152 valence electrons. The van der Waals surface area contributed by atoms with E-state index < -0.39 is 10.0 Å². The van der Waals surface area contributed by atoms with Gasteiger partial charge in [0.25, 0.3) is 0 Å². The minimum absolute atomic E-state index is 0.241. The molecule has 3 aromatic rings. The van der Waals surface area contributed by atoms with Crippen molar-refractivity contribution in [2.45, 2.75) is 26.1 Å². The molecule has 29 heavy (non-hydrogen) atoms. The number of benzene rings is 1. The molecule has 3 rings (SSSR count). The van der Waals surface area contributed by atoms with Gasteiger partial charge in [0, 0.05) is 23.2 Å². The van der Waals surface area contributed by atoms with Crippen LogP contribution in [0.5, 0.6) is 0 Å². The standard InChI is InChI=1S/C21H23N3O4S/c1-15-12-18(16(2)24(15)13-20-4-3-11-28-20)7-10-21(25)23-19-8-5-17(6-9-19)14-29(22,26)27/h3-12H,13-14H2,1-2H3,(H,23,25)(H2,22,26,27)/b10-7+. The van der Waals surface area contributed by atoms with Crippen LogP contribution in [-0.4, -0.2) is 18.9 Å². The van der Waals surface area contributed by atoms with Crippen LogP contribution < -0.4 is 10.5 Å². The Labute approximate surface area is 169 Å². The van der Waals surface area contributed by atoms with Crippen LogP contribution in [0.1, 0.15) is 28.3 Å². The third-order valence-corrected chi connectivity index (χ3v) is 5.25. The lowest BCUT2D eigenvalue weighted by atomic mass is 10.2. The number of amides is 1. The zero-order chi connectivity index (χ0) is 21.0. The van der Waals surface area contributed by atoms with Gasteiger partial charge < -0.3 is 14.3 Å². The van der Waals surface area contributed by atoms with Crippen molar-refractivity contribution >= 4 is 27.7 Å². The molecule has 3 N–H and O–H groups in total. The van der Waals surface area contributed by atoms with Crippen LogP contribution in [-0.2, 0) is 27.1 Å². The van der Waals surface area contributed by atoms with Crippen molar-refractivity contribution < 1.29 is 17.6 Å². The lowest BCUT2D eigenvalue weighted by Gasteiger charge is -2.07. The summed E-state index contributed by atoms with van der Waals surface area (Å²) >= 11 is 0. The summed E-state index contributed by atoms with van der Waals surface area (Å²) in [6, 6.07) is 12.3. The van der Waals surface area contributed by atoms with Gasteiger partial charge in [0.15, 0.2) is 0 Å². The number of furan rings is 1. The van der Waals surface area contributed by atoms with Crippen LogP contribution >= 0.6 is 0 Å². The first kappa shape index (κ1) is 20.6. The van der Waals surface area contributed by atoms with Gasteiger partial charge >= 0.3 is 0 Å². The lowest BCUT2D eigenvalue weighted by Crippen LogP contribution is -2.14. The predicted octanol–water partition coefficient (Wildman–Crippen LogP) is 3.19. The molecule has 7 nitrogen and oxygen atoms in total. The van der Waals surface area contributed by atoms with Gasteiger partial charge in [0.2, 0.25) is 15.9 Å². The summed E-state index contributed by atoms with van der Waals surface area (Å²) in [5, 5.41) is 7.78. The van der Waals surface area contributed by atoms with Crippen molar-refractivity contribution in [1.82, 2.24) is 4.57 Å². The van der Waals surface area contributed by atoms with Crippen molar-refractivity contribution in [3.05, 3.63) is 83.1 Å². The third-order valence-electron chi connectivity index (χ3n) is 4.51. The zero-order valence-corrected chi connectivity index (χ0v) is 17.1. The molecule has 0 aliphatic carbocycles. The van der Waals surface area contributed by atoms with E-state index in [-0.39, 0.29) is 11.7 Å². The quantitative estimate of drug-likeness (QED) is 0.580. The first-order chi connectivity index (χ1) is 13.7. The molecule has 2 aromatic heterocycles. The SMILES string of the molecule is Cc1cc(/C=C/C(=O)Nc2ccc(CS(N)(=O)=O)cc2)c(C)n1Cc1ccco1. The van der Waals surface area contributed by atoms with E-state index in [1.54, 1.807) is 36.6 Å². The highest BCUT2D eigenvalue weighted by Gasteiger charge is 2.09. The Balaban J connectivity index is 1.65. The molecule has 0 saturated carbocycles. The van der Waals surface area contributed by atoms with E-state index in [1.165, 1.54) is 6.08 Å². The van der Waals surface area contributed by atoms with E-state index in [2.05, 4.69) is 9.88 Å². The summed E-state index contributed by atoms with van der Waals surface area (Å²) in [5.74, 6) is 0.348. The van der Waals surface area contributed by atoms with Crippen molar-refractivity contribution in [3.8, 4) is 0 Å². The monoisotopic (exact) mass is 413 g/mol. The van der Waals surface area contributed by atoms with Gasteiger partial charge in [-0.2, -0.15) is 0 Å². The molecule has 0 fully saturated rings. The third kappa shape index (κ3) is 5.69. The van der Waals surface area contributed by atoms with Gasteiger partial charge in [-0.05, 0) is 61.4 Å². The number of nitrogens with one attached hydrogen (secondary N) is 1. The van der Waals surface area contributed by atoms with Crippen molar-refractivity contribution in [2.24, 2.45) is 5.14 Å². The normalized spacial score (nSPS) is 11.8. The topological polar surface area (TPSA) is 107 Å². The summed E-state index contributed by atoms with van der Waals surface area (Å²) in [5.41, 5.74) is 4.19. The minimum atomic E-state index is -3.58. The maximum atomic E-state index is 12.2. The molecular formula is C21H23N3O4S. The van der Waals surface area contributed by atoms with E-state index in [9.17, 15) is 13.2 Å². The molecule has 0 atom stereocenters. The molecule has 0 bridgehead atoms. The largest absolute Gasteiger partial charge is 0.467 e. The fourth-order valence-electron chi connectivity index (χ4n) is 3.06. The van der Waals surface area contributed by atoms with Gasteiger partial charge in [-0.15, -0.1) is 0 Å². The average molecular weight is 413 g/mol. The number of aromatic nitrogens is 1.